The highest BCUT2D eigenvalue weighted by Gasteiger charge is 2.23. The second kappa shape index (κ2) is 5.40. The molecule has 0 radical (unpaired) electrons. The second-order valence-electron chi connectivity index (χ2n) is 5.22. The first-order valence-electron chi connectivity index (χ1n) is 6.08. The fraction of sp³-hybridized carbons (Fsp3) is 0.571. The summed E-state index contributed by atoms with van der Waals surface area (Å²) in [5, 5.41) is 0. The molecular formula is C14H23BrN2. The molecule has 0 saturated heterocycles. The van der Waals surface area contributed by atoms with Crippen LogP contribution in [0.2, 0.25) is 0 Å². The zero-order valence-electron chi connectivity index (χ0n) is 11.4. The minimum Gasteiger partial charge on any atom is -0.369 e. The SMILES string of the molecule is CCC(C)(C)N(C)c1ccc([C@@H](C)N)cc1Br. The van der Waals surface area contributed by atoms with Gasteiger partial charge in [0.05, 0.1) is 5.69 Å². The summed E-state index contributed by atoms with van der Waals surface area (Å²) in [5.41, 5.74) is 8.40. The lowest BCUT2D eigenvalue weighted by Crippen LogP contribution is -2.40. The van der Waals surface area contributed by atoms with E-state index in [2.05, 4.69) is 66.8 Å². The Labute approximate surface area is 113 Å². The molecule has 0 aliphatic rings. The summed E-state index contributed by atoms with van der Waals surface area (Å²) >= 11 is 3.64. The van der Waals surface area contributed by atoms with Crippen molar-refractivity contribution in [1.29, 1.82) is 0 Å². The molecule has 2 N–H and O–H groups in total. The summed E-state index contributed by atoms with van der Waals surface area (Å²) < 4.78 is 1.11. The van der Waals surface area contributed by atoms with Gasteiger partial charge in [0.2, 0.25) is 0 Å². The van der Waals surface area contributed by atoms with Crippen molar-refractivity contribution in [3.63, 3.8) is 0 Å². The smallest absolute Gasteiger partial charge is 0.0512 e. The molecule has 0 aliphatic heterocycles. The van der Waals surface area contributed by atoms with E-state index in [9.17, 15) is 0 Å². The molecule has 0 saturated carbocycles. The minimum absolute atomic E-state index is 0.0739. The van der Waals surface area contributed by atoms with Gasteiger partial charge in [-0.15, -0.1) is 0 Å². The summed E-state index contributed by atoms with van der Waals surface area (Å²) in [6, 6.07) is 6.43. The van der Waals surface area contributed by atoms with Crippen molar-refractivity contribution in [1.82, 2.24) is 0 Å². The van der Waals surface area contributed by atoms with Gasteiger partial charge in [0.15, 0.2) is 0 Å². The van der Waals surface area contributed by atoms with E-state index in [1.807, 2.05) is 6.92 Å². The van der Waals surface area contributed by atoms with E-state index < -0.39 is 0 Å². The highest BCUT2D eigenvalue weighted by atomic mass is 79.9. The Morgan fingerprint density at radius 2 is 2.00 bits per heavy atom. The van der Waals surface area contributed by atoms with E-state index in [0.29, 0.717) is 0 Å². The normalized spacial score (nSPS) is 13.6. The number of anilines is 1. The van der Waals surface area contributed by atoms with Gasteiger partial charge in [-0.25, -0.2) is 0 Å². The molecule has 1 aromatic rings. The van der Waals surface area contributed by atoms with Crippen LogP contribution in [0.25, 0.3) is 0 Å². The quantitative estimate of drug-likeness (QED) is 0.907. The minimum atomic E-state index is 0.0739. The van der Waals surface area contributed by atoms with Crippen LogP contribution in [0.4, 0.5) is 5.69 Å². The molecule has 0 bridgehead atoms. The van der Waals surface area contributed by atoms with Crippen LogP contribution in [0.3, 0.4) is 0 Å². The maximum Gasteiger partial charge on any atom is 0.0512 e. The first-order valence-corrected chi connectivity index (χ1v) is 6.87. The number of hydrogen-bond acceptors (Lipinski definition) is 2. The molecule has 17 heavy (non-hydrogen) atoms. The third kappa shape index (κ3) is 3.23. The maximum atomic E-state index is 5.89. The van der Waals surface area contributed by atoms with Gasteiger partial charge in [0.25, 0.3) is 0 Å². The lowest BCUT2D eigenvalue weighted by molar-refractivity contribution is 0.470. The van der Waals surface area contributed by atoms with E-state index >= 15 is 0 Å². The molecule has 0 amide bonds. The number of benzene rings is 1. The van der Waals surface area contributed by atoms with Crippen molar-refractivity contribution in [2.45, 2.75) is 45.7 Å². The topological polar surface area (TPSA) is 29.3 Å². The maximum absolute atomic E-state index is 5.89. The molecule has 0 unspecified atom stereocenters. The van der Waals surface area contributed by atoms with Crippen molar-refractivity contribution in [3.8, 4) is 0 Å². The molecule has 0 aromatic heterocycles. The van der Waals surface area contributed by atoms with E-state index in [-0.39, 0.29) is 11.6 Å². The molecule has 1 atom stereocenters. The van der Waals surface area contributed by atoms with Gasteiger partial charge in [0.1, 0.15) is 0 Å². The van der Waals surface area contributed by atoms with Crippen molar-refractivity contribution in [3.05, 3.63) is 28.2 Å². The number of rotatable bonds is 4. The zero-order valence-corrected chi connectivity index (χ0v) is 13.0. The van der Waals surface area contributed by atoms with Gasteiger partial charge in [-0.1, -0.05) is 13.0 Å². The molecule has 96 valence electrons. The summed E-state index contributed by atoms with van der Waals surface area (Å²) in [7, 11) is 2.13. The second-order valence-corrected chi connectivity index (χ2v) is 6.08. The highest BCUT2D eigenvalue weighted by Crippen LogP contribution is 2.33. The third-order valence-corrected chi connectivity index (χ3v) is 4.27. The molecule has 0 spiro atoms. The van der Waals surface area contributed by atoms with Crippen LogP contribution in [0, 0.1) is 0 Å². The van der Waals surface area contributed by atoms with Gasteiger partial charge in [-0.3, -0.25) is 0 Å². The number of halogens is 1. The predicted octanol–water partition coefficient (Wildman–Crippen LogP) is 4.09. The average Bonchev–Trinajstić information content (AvgIpc) is 2.27. The first-order chi connectivity index (χ1) is 7.79. The molecular weight excluding hydrogens is 276 g/mol. The molecule has 0 aliphatic carbocycles. The van der Waals surface area contributed by atoms with Crippen LogP contribution >= 0.6 is 15.9 Å². The van der Waals surface area contributed by atoms with Gasteiger partial charge < -0.3 is 10.6 Å². The number of hydrogen-bond donors (Lipinski definition) is 1. The Morgan fingerprint density at radius 3 is 2.41 bits per heavy atom. The summed E-state index contributed by atoms with van der Waals surface area (Å²) in [6.07, 6.45) is 1.10. The van der Waals surface area contributed by atoms with Gasteiger partial charge >= 0.3 is 0 Å². The van der Waals surface area contributed by atoms with Gasteiger partial charge in [-0.05, 0) is 60.8 Å². The highest BCUT2D eigenvalue weighted by molar-refractivity contribution is 9.10. The van der Waals surface area contributed by atoms with E-state index in [0.717, 1.165) is 16.5 Å². The first kappa shape index (κ1) is 14.5. The average molecular weight is 299 g/mol. The Bertz CT molecular complexity index is 386. The fourth-order valence-corrected chi connectivity index (χ4v) is 2.30. The Hall–Kier alpha value is -0.540. The van der Waals surface area contributed by atoms with Crippen molar-refractivity contribution in [2.24, 2.45) is 5.73 Å². The van der Waals surface area contributed by atoms with Gasteiger partial charge in [-0.2, -0.15) is 0 Å². The standard InChI is InChI=1S/C14H23BrN2/c1-6-14(3,4)17(5)13-8-7-11(10(2)16)9-12(13)15/h7-10H,6,16H2,1-5H3/t10-/m1/s1. The third-order valence-electron chi connectivity index (χ3n) is 3.63. The van der Waals surface area contributed by atoms with E-state index in [1.54, 1.807) is 0 Å². The molecule has 2 nitrogen and oxygen atoms in total. The predicted molar refractivity (Wildman–Crippen MR) is 79.5 cm³/mol. The number of nitrogens with two attached hydrogens (primary N) is 1. The molecule has 0 heterocycles. The van der Waals surface area contributed by atoms with Crippen LogP contribution < -0.4 is 10.6 Å². The number of nitrogens with zero attached hydrogens (tertiary/aromatic N) is 1. The van der Waals surface area contributed by atoms with Crippen LogP contribution in [-0.2, 0) is 0 Å². The lowest BCUT2D eigenvalue weighted by Gasteiger charge is -2.37. The summed E-state index contributed by atoms with van der Waals surface area (Å²) in [4.78, 5) is 2.31. The zero-order chi connectivity index (χ0) is 13.2. The van der Waals surface area contributed by atoms with Crippen molar-refractivity contribution < 1.29 is 0 Å². The van der Waals surface area contributed by atoms with Gasteiger partial charge in [0, 0.05) is 23.1 Å². The fourth-order valence-electron chi connectivity index (χ4n) is 1.64. The monoisotopic (exact) mass is 298 g/mol. The van der Waals surface area contributed by atoms with Crippen LogP contribution in [0.5, 0.6) is 0 Å². The largest absolute Gasteiger partial charge is 0.369 e. The van der Waals surface area contributed by atoms with E-state index in [1.165, 1.54) is 5.69 Å². The van der Waals surface area contributed by atoms with Crippen LogP contribution in [0.15, 0.2) is 22.7 Å². The Balaban J connectivity index is 3.08. The Kier molecular flexibility index (Phi) is 4.62. The molecule has 1 aromatic carbocycles. The molecule has 3 heteroatoms. The summed E-state index contributed by atoms with van der Waals surface area (Å²) in [5.74, 6) is 0. The van der Waals surface area contributed by atoms with Crippen LogP contribution in [0.1, 0.15) is 45.7 Å². The lowest BCUT2D eigenvalue weighted by atomic mass is 9.98. The van der Waals surface area contributed by atoms with Crippen molar-refractivity contribution >= 4 is 21.6 Å². The molecule has 1 rings (SSSR count). The molecule has 0 fully saturated rings. The van der Waals surface area contributed by atoms with E-state index in [4.69, 9.17) is 5.73 Å². The Morgan fingerprint density at radius 1 is 1.41 bits per heavy atom. The van der Waals surface area contributed by atoms with Crippen molar-refractivity contribution in [2.75, 3.05) is 11.9 Å². The van der Waals surface area contributed by atoms with Crippen LogP contribution in [-0.4, -0.2) is 12.6 Å². The summed E-state index contributed by atoms with van der Waals surface area (Å²) in [6.45, 7) is 8.71.